The van der Waals surface area contributed by atoms with E-state index in [-0.39, 0.29) is 67.7 Å². The van der Waals surface area contributed by atoms with Crippen molar-refractivity contribution in [2.75, 3.05) is 0 Å². The number of rotatable bonds is 4. The summed E-state index contributed by atoms with van der Waals surface area (Å²) >= 11 is 0. The van der Waals surface area contributed by atoms with E-state index in [1.54, 1.807) is 24.5 Å². The summed E-state index contributed by atoms with van der Waals surface area (Å²) in [5.41, 5.74) is 1.29. The van der Waals surface area contributed by atoms with Crippen LogP contribution in [-0.4, -0.2) is 61.2 Å². The van der Waals surface area contributed by atoms with Gasteiger partial charge >= 0.3 is 34.1 Å². The number of nitrogens with zero attached hydrogens (tertiary/aromatic N) is 16. The average molecular weight is 610 g/mol. The zero-order valence-electron chi connectivity index (χ0n) is 18.8. The Labute approximate surface area is 232 Å². The molecule has 0 spiro atoms. The smallest absolute Gasteiger partial charge is 0.457 e. The molecule has 0 amide bonds. The number of aromatic nitrogens is 16. The number of hydrogen-bond donors (Lipinski definition) is 0. The molecule has 0 unspecified atom stereocenters. The Morgan fingerprint density at radius 3 is 1.76 bits per heavy atom. The van der Waals surface area contributed by atoms with Crippen molar-refractivity contribution in [1.82, 2.24) is 81.6 Å². The van der Waals surface area contributed by atoms with E-state index in [1.165, 1.54) is 0 Å². The summed E-state index contributed by atoms with van der Waals surface area (Å²) in [6, 6.07) is 10.9. The quantitative estimate of drug-likeness (QED) is 0.133. The molecule has 6 rings (SSSR count). The van der Waals surface area contributed by atoms with Crippen LogP contribution in [0.25, 0.3) is 46.3 Å². The monoisotopic (exact) mass is 610 g/mol. The molecule has 0 fully saturated rings. The van der Waals surface area contributed by atoms with Gasteiger partial charge in [-0.1, -0.05) is 12.1 Å². The molecule has 0 aliphatic rings. The minimum Gasteiger partial charge on any atom is -0.457 e. The molecule has 0 saturated carbocycles. The Morgan fingerprint density at radius 2 is 1.21 bits per heavy atom. The van der Waals surface area contributed by atoms with Gasteiger partial charge in [0.25, 0.3) is 0 Å². The van der Waals surface area contributed by atoms with E-state index in [1.807, 2.05) is 24.3 Å². The van der Waals surface area contributed by atoms with Crippen molar-refractivity contribution in [3.05, 3.63) is 48.8 Å². The first-order valence-electron chi connectivity index (χ1n) is 8.82. The molecule has 12 N–H and O–H groups in total. The molecule has 6 aromatic heterocycles. The largest absolute Gasteiger partial charge is 2.00 e. The molecule has 198 valence electrons. The molecule has 0 aromatic carbocycles. The van der Waals surface area contributed by atoms with Crippen molar-refractivity contribution in [1.29, 1.82) is 0 Å². The molecule has 2 radical (unpaired) electrons. The zero-order chi connectivity index (χ0) is 21.6. The van der Waals surface area contributed by atoms with Gasteiger partial charge in [-0.15, -0.1) is 0 Å². The van der Waals surface area contributed by atoms with Gasteiger partial charge in [0, 0.05) is 24.0 Å². The van der Waals surface area contributed by atoms with E-state index in [4.69, 9.17) is 0 Å². The molecule has 0 bridgehead atoms. The van der Waals surface area contributed by atoms with Crippen molar-refractivity contribution in [2.24, 2.45) is 0 Å². The van der Waals surface area contributed by atoms with Crippen molar-refractivity contribution >= 4 is 0 Å². The van der Waals surface area contributed by atoms with Gasteiger partial charge in [0.15, 0.2) is 0 Å². The van der Waals surface area contributed by atoms with E-state index in [0.29, 0.717) is 34.7 Å². The van der Waals surface area contributed by atoms with Crippen molar-refractivity contribution in [3.8, 4) is 46.3 Å². The first-order chi connectivity index (χ1) is 15.9. The van der Waals surface area contributed by atoms with Crippen LogP contribution in [0.2, 0.25) is 0 Å². The van der Waals surface area contributed by atoms with E-state index >= 15 is 0 Å². The summed E-state index contributed by atoms with van der Waals surface area (Å²) in [4.78, 5) is 16.5. The SMILES string of the molecule is [Mn+2].[Mn+2].[OH3+].[OH3+].[OH3+].[OH3+].c1ccc(-c2nc(-c3nnn[n-]3)n[n-]2)nc1.c1ccc(-c2nnc(-c3nn[n-]n3)[n-]2)nc1. The average Bonchev–Trinajstić information content (AvgIpc) is 3.67. The Kier molecular flexibility index (Phi) is 16.1. The van der Waals surface area contributed by atoms with Crippen LogP contribution in [0.5, 0.6) is 0 Å². The predicted octanol–water partition coefficient (Wildman–Crippen LogP) is -5.08. The molecule has 6 aromatic rings. The van der Waals surface area contributed by atoms with Gasteiger partial charge in [-0.2, -0.15) is 5.21 Å². The molecular weight excluding hydrogens is 590 g/mol. The van der Waals surface area contributed by atoms with Crippen LogP contribution in [0, 0.1) is 0 Å². The first kappa shape index (κ1) is 35.8. The van der Waals surface area contributed by atoms with E-state index in [2.05, 4.69) is 81.6 Å². The van der Waals surface area contributed by atoms with Crippen LogP contribution in [0.1, 0.15) is 0 Å². The molecule has 38 heavy (non-hydrogen) atoms. The summed E-state index contributed by atoms with van der Waals surface area (Å²) in [7, 11) is 0. The van der Waals surface area contributed by atoms with Crippen LogP contribution in [0.3, 0.4) is 0 Å². The molecule has 0 aliphatic carbocycles. The second kappa shape index (κ2) is 17.1. The normalized spacial score (nSPS) is 8.84. The molecule has 6 heterocycles. The van der Waals surface area contributed by atoms with Crippen LogP contribution < -0.4 is 20.4 Å². The Morgan fingerprint density at radius 1 is 0.553 bits per heavy atom. The zero-order valence-corrected chi connectivity index (χ0v) is 21.2. The summed E-state index contributed by atoms with van der Waals surface area (Å²) in [5, 5.41) is 43.4. The maximum Gasteiger partial charge on any atom is 2.00 e. The Balaban J connectivity index is 0. The second-order valence-corrected chi connectivity index (χ2v) is 5.75. The van der Waals surface area contributed by atoms with Gasteiger partial charge < -0.3 is 57.4 Å². The molecular formula is C16H20Mn2N16O4+4. The first-order valence-corrected chi connectivity index (χ1v) is 8.82. The van der Waals surface area contributed by atoms with Crippen LogP contribution >= 0.6 is 0 Å². The van der Waals surface area contributed by atoms with Gasteiger partial charge in [-0.25, -0.2) is 5.10 Å². The Hall–Kier alpha value is -4.40. The Bertz CT molecular complexity index is 1280. The fourth-order valence-corrected chi connectivity index (χ4v) is 2.34. The van der Waals surface area contributed by atoms with Gasteiger partial charge in [0.2, 0.25) is 0 Å². The predicted molar refractivity (Wildman–Crippen MR) is 121 cm³/mol. The molecule has 0 atom stereocenters. The number of hydrogen-bond acceptors (Lipinski definition) is 12. The number of tetrazole rings is 2. The van der Waals surface area contributed by atoms with Gasteiger partial charge in [-0.05, 0) is 30.1 Å². The van der Waals surface area contributed by atoms with Gasteiger partial charge in [0.05, 0.1) is 28.9 Å². The summed E-state index contributed by atoms with van der Waals surface area (Å²) in [5.74, 6) is 1.97. The van der Waals surface area contributed by atoms with E-state index < -0.39 is 0 Å². The number of pyridine rings is 2. The fraction of sp³-hybridized carbons (Fsp3) is 0. The molecule has 0 aliphatic heterocycles. The molecule has 0 saturated heterocycles. The second-order valence-electron chi connectivity index (χ2n) is 5.75. The van der Waals surface area contributed by atoms with Crippen LogP contribution in [0.4, 0.5) is 0 Å². The summed E-state index contributed by atoms with van der Waals surface area (Å²) in [6.07, 6.45) is 3.32. The molecule has 22 heteroatoms. The summed E-state index contributed by atoms with van der Waals surface area (Å²) < 4.78 is 0. The maximum absolute atomic E-state index is 4.13. The van der Waals surface area contributed by atoms with Crippen LogP contribution in [0.15, 0.2) is 48.8 Å². The van der Waals surface area contributed by atoms with E-state index in [9.17, 15) is 0 Å². The van der Waals surface area contributed by atoms with Crippen molar-refractivity contribution in [2.45, 2.75) is 0 Å². The third kappa shape index (κ3) is 8.33. The third-order valence-corrected chi connectivity index (χ3v) is 3.73. The summed E-state index contributed by atoms with van der Waals surface area (Å²) in [6.45, 7) is 0. The third-order valence-electron chi connectivity index (χ3n) is 3.73. The van der Waals surface area contributed by atoms with Crippen molar-refractivity contribution in [3.63, 3.8) is 0 Å². The molecule has 20 nitrogen and oxygen atoms in total. The van der Waals surface area contributed by atoms with Gasteiger partial charge in [0.1, 0.15) is 0 Å². The topological polar surface area (TPSA) is 343 Å². The van der Waals surface area contributed by atoms with Gasteiger partial charge in [-0.3, -0.25) is 35.8 Å². The standard InChI is InChI=1S/2C8H4N8.2Mn.4H2O/c2*1-2-4-9-5(3-1)6-10-7(12-11-6)8-13-15-16-14-8;;;;;;/h2*1-4H;;;4*1H2/q2*-2;2*+2;;;;/p+4. The fourth-order valence-electron chi connectivity index (χ4n) is 2.34. The van der Waals surface area contributed by atoms with Crippen LogP contribution in [-0.2, 0) is 56.0 Å². The van der Waals surface area contributed by atoms with E-state index in [0.717, 1.165) is 0 Å². The minimum atomic E-state index is 0. The maximum atomic E-state index is 4.13. The minimum absolute atomic E-state index is 0. The van der Waals surface area contributed by atoms with Crippen molar-refractivity contribution < 1.29 is 56.0 Å².